The van der Waals surface area contributed by atoms with Gasteiger partial charge < -0.3 is 9.80 Å². The fourth-order valence-electron chi connectivity index (χ4n) is 6.00. The van der Waals surface area contributed by atoms with E-state index in [0.717, 1.165) is 30.0 Å². The van der Waals surface area contributed by atoms with Crippen molar-refractivity contribution in [1.29, 1.82) is 0 Å². The number of para-hydroxylation sites is 2. The summed E-state index contributed by atoms with van der Waals surface area (Å²) < 4.78 is 1.85. The van der Waals surface area contributed by atoms with Gasteiger partial charge in [-0.15, -0.1) is 0 Å². The van der Waals surface area contributed by atoms with Gasteiger partial charge in [-0.3, -0.25) is 25.0 Å². The van der Waals surface area contributed by atoms with E-state index >= 15 is 0 Å². The van der Waals surface area contributed by atoms with Gasteiger partial charge in [0.15, 0.2) is 0 Å². The van der Waals surface area contributed by atoms with E-state index in [1.807, 2.05) is 46.2 Å². The van der Waals surface area contributed by atoms with E-state index in [1.54, 1.807) is 41.1 Å². The Labute approximate surface area is 244 Å². The number of benzene rings is 2. The summed E-state index contributed by atoms with van der Waals surface area (Å²) in [5, 5.41) is 19.9. The number of hydrogen-bond donors (Lipinski definition) is 1. The highest BCUT2D eigenvalue weighted by Gasteiger charge is 2.52. The number of carbonyl (C=O) groups is 2. The minimum Gasteiger partial charge on any atom is -0.338 e. The number of carbonyl (C=O) groups excluding carboxylic acids is 2. The smallest absolute Gasteiger partial charge is 0.274 e. The fraction of sp³-hybridized carbons (Fsp3) is 0.433. The Balaban J connectivity index is 1.38. The summed E-state index contributed by atoms with van der Waals surface area (Å²) in [5.74, 6) is 0.736. The van der Waals surface area contributed by atoms with Crippen molar-refractivity contribution in [2.45, 2.75) is 57.3 Å². The lowest BCUT2D eigenvalue weighted by Crippen LogP contribution is -2.59. The molecule has 1 unspecified atom stereocenters. The summed E-state index contributed by atoms with van der Waals surface area (Å²) in [5.41, 5.74) is 2.28. The van der Waals surface area contributed by atoms with Crippen LogP contribution in [-0.4, -0.2) is 73.1 Å². The highest BCUT2D eigenvalue weighted by Crippen LogP contribution is 2.36. The quantitative estimate of drug-likeness (QED) is 0.281. The molecule has 3 heterocycles. The predicted octanol–water partition coefficient (Wildman–Crippen LogP) is 4.42. The normalized spacial score (nSPS) is 18.3. The van der Waals surface area contributed by atoms with Gasteiger partial charge in [-0.2, -0.15) is 16.9 Å². The molecule has 1 atom stereocenters. The SMILES string of the molecule is CCCc1c(C(=O)N2CCC3(CC2)NC(CCSC)C(=O)N3Cc2ccccc2[N+](=O)[O-])cnn1-c1ccccc1. The first kappa shape index (κ1) is 28.8. The van der Waals surface area contributed by atoms with Crippen LogP contribution in [0.2, 0.25) is 0 Å². The molecule has 2 aliphatic rings. The maximum Gasteiger partial charge on any atom is 0.274 e. The van der Waals surface area contributed by atoms with Crippen LogP contribution in [0.25, 0.3) is 5.69 Å². The van der Waals surface area contributed by atoms with E-state index in [1.165, 1.54) is 6.07 Å². The van der Waals surface area contributed by atoms with Crippen molar-refractivity contribution in [1.82, 2.24) is 24.9 Å². The number of amides is 2. The molecular formula is C30H36N6O4S. The Morgan fingerprint density at radius 1 is 1.15 bits per heavy atom. The van der Waals surface area contributed by atoms with Crippen LogP contribution in [0.1, 0.15) is 54.2 Å². The van der Waals surface area contributed by atoms with Crippen LogP contribution >= 0.6 is 11.8 Å². The first-order chi connectivity index (χ1) is 19.9. The molecule has 2 aromatic carbocycles. The zero-order valence-electron chi connectivity index (χ0n) is 23.5. The number of nitro groups is 1. The van der Waals surface area contributed by atoms with Gasteiger partial charge in [0.2, 0.25) is 5.91 Å². The third-order valence-electron chi connectivity index (χ3n) is 8.12. The molecule has 1 N–H and O–H groups in total. The molecule has 1 spiro atoms. The second kappa shape index (κ2) is 12.4. The van der Waals surface area contributed by atoms with Crippen LogP contribution in [0.4, 0.5) is 5.69 Å². The van der Waals surface area contributed by atoms with Gasteiger partial charge in [0.25, 0.3) is 11.6 Å². The third kappa shape index (κ3) is 5.73. The standard InChI is InChI=1S/C30H36N6O4S/c1-3-9-27-24(20-31-35(27)23-11-5-4-6-12-23)28(37)33-17-15-30(16-18-33)32-25(14-19-41-2)29(38)34(30)21-22-10-7-8-13-26(22)36(39)40/h4-8,10-13,20,25,32H,3,9,14-19,21H2,1-2H3. The Hall–Kier alpha value is -3.70. The van der Waals surface area contributed by atoms with Crippen LogP contribution < -0.4 is 5.32 Å². The van der Waals surface area contributed by atoms with Crippen molar-refractivity contribution in [2.75, 3.05) is 25.1 Å². The monoisotopic (exact) mass is 576 g/mol. The highest BCUT2D eigenvalue weighted by molar-refractivity contribution is 7.98. The van der Waals surface area contributed by atoms with Crippen LogP contribution in [0.3, 0.4) is 0 Å². The van der Waals surface area contributed by atoms with Crippen molar-refractivity contribution in [3.05, 3.63) is 87.7 Å². The van der Waals surface area contributed by atoms with Crippen LogP contribution in [0, 0.1) is 10.1 Å². The fourth-order valence-corrected chi connectivity index (χ4v) is 6.47. The van der Waals surface area contributed by atoms with Gasteiger partial charge in [0.05, 0.1) is 46.3 Å². The summed E-state index contributed by atoms with van der Waals surface area (Å²) in [6.07, 6.45) is 7.04. The second-order valence-corrected chi connectivity index (χ2v) is 11.6. The van der Waals surface area contributed by atoms with Crippen molar-refractivity contribution in [3.8, 4) is 5.69 Å². The van der Waals surface area contributed by atoms with E-state index in [0.29, 0.717) is 43.5 Å². The molecule has 0 bridgehead atoms. The molecule has 2 aliphatic heterocycles. The largest absolute Gasteiger partial charge is 0.338 e. The van der Waals surface area contributed by atoms with Crippen molar-refractivity contribution < 1.29 is 14.5 Å². The predicted molar refractivity (Wildman–Crippen MR) is 159 cm³/mol. The van der Waals surface area contributed by atoms with Crippen LogP contribution in [0.5, 0.6) is 0 Å². The molecule has 10 nitrogen and oxygen atoms in total. The zero-order valence-corrected chi connectivity index (χ0v) is 24.3. The van der Waals surface area contributed by atoms with E-state index in [4.69, 9.17) is 0 Å². The van der Waals surface area contributed by atoms with Gasteiger partial charge in [0.1, 0.15) is 0 Å². The molecule has 1 aromatic heterocycles. The Morgan fingerprint density at radius 3 is 2.54 bits per heavy atom. The molecule has 0 aliphatic carbocycles. The van der Waals surface area contributed by atoms with Gasteiger partial charge >= 0.3 is 0 Å². The van der Waals surface area contributed by atoms with Gasteiger partial charge in [-0.1, -0.05) is 49.7 Å². The second-order valence-electron chi connectivity index (χ2n) is 10.6. The maximum absolute atomic E-state index is 13.8. The van der Waals surface area contributed by atoms with Crippen molar-refractivity contribution in [2.24, 2.45) is 0 Å². The molecule has 3 aromatic rings. The minimum atomic E-state index is -0.666. The molecule has 0 radical (unpaired) electrons. The number of aromatic nitrogens is 2. The molecule has 5 rings (SSSR count). The number of thioether (sulfide) groups is 1. The molecule has 2 saturated heterocycles. The maximum atomic E-state index is 13.8. The van der Waals surface area contributed by atoms with Gasteiger partial charge in [-0.05, 0) is 37.0 Å². The topological polar surface area (TPSA) is 114 Å². The lowest BCUT2D eigenvalue weighted by atomic mass is 9.94. The first-order valence-corrected chi connectivity index (χ1v) is 15.5. The van der Waals surface area contributed by atoms with Crippen LogP contribution in [-0.2, 0) is 17.8 Å². The average Bonchev–Trinajstić information content (AvgIpc) is 3.52. The molecule has 0 saturated carbocycles. The number of hydrogen-bond acceptors (Lipinski definition) is 7. The Bertz CT molecular complexity index is 1400. The molecule has 2 fully saturated rings. The number of likely N-dealkylation sites (tertiary alicyclic amines) is 1. The van der Waals surface area contributed by atoms with E-state index in [-0.39, 0.29) is 30.1 Å². The molecule has 216 valence electrons. The summed E-state index contributed by atoms with van der Waals surface area (Å²) in [7, 11) is 0. The summed E-state index contributed by atoms with van der Waals surface area (Å²) in [6.45, 7) is 3.16. The Kier molecular flexibility index (Phi) is 8.74. The number of nitro benzene ring substituents is 1. The molecular weight excluding hydrogens is 540 g/mol. The minimum absolute atomic E-state index is 0.00880. The van der Waals surface area contributed by atoms with E-state index in [2.05, 4.69) is 17.3 Å². The van der Waals surface area contributed by atoms with Gasteiger partial charge in [-0.25, -0.2) is 4.68 Å². The highest BCUT2D eigenvalue weighted by atomic mass is 32.2. The number of rotatable bonds is 10. The lowest BCUT2D eigenvalue weighted by Gasteiger charge is -2.44. The van der Waals surface area contributed by atoms with E-state index in [9.17, 15) is 19.7 Å². The van der Waals surface area contributed by atoms with Crippen LogP contribution in [0.15, 0.2) is 60.8 Å². The molecule has 41 heavy (non-hydrogen) atoms. The number of piperidine rings is 1. The number of nitrogens with one attached hydrogen (secondary N) is 1. The number of nitrogens with zero attached hydrogens (tertiary/aromatic N) is 5. The lowest BCUT2D eigenvalue weighted by molar-refractivity contribution is -0.385. The zero-order chi connectivity index (χ0) is 29.0. The molecule has 11 heteroatoms. The third-order valence-corrected chi connectivity index (χ3v) is 8.76. The van der Waals surface area contributed by atoms with Crippen molar-refractivity contribution in [3.63, 3.8) is 0 Å². The summed E-state index contributed by atoms with van der Waals surface area (Å²) >= 11 is 1.68. The average molecular weight is 577 g/mol. The summed E-state index contributed by atoms with van der Waals surface area (Å²) in [4.78, 5) is 42.4. The summed E-state index contributed by atoms with van der Waals surface area (Å²) in [6, 6.07) is 16.1. The molecule has 2 amide bonds. The first-order valence-electron chi connectivity index (χ1n) is 14.1. The van der Waals surface area contributed by atoms with E-state index < -0.39 is 10.6 Å². The van der Waals surface area contributed by atoms with Crippen molar-refractivity contribution >= 4 is 29.3 Å². The van der Waals surface area contributed by atoms with Gasteiger partial charge in [0, 0.05) is 37.6 Å². The Morgan fingerprint density at radius 2 is 1.85 bits per heavy atom.